The smallest absolute Gasteiger partial charge is 0.167 e. The van der Waals surface area contributed by atoms with E-state index in [2.05, 4.69) is 22.9 Å². The van der Waals surface area contributed by atoms with Crippen LogP contribution in [0.5, 0.6) is 0 Å². The van der Waals surface area contributed by atoms with Crippen molar-refractivity contribution in [2.45, 2.75) is 32.6 Å². The quantitative estimate of drug-likeness (QED) is 0.731. The molecule has 1 fully saturated rings. The number of benzene rings is 1. The lowest BCUT2D eigenvalue weighted by molar-refractivity contribution is 0.0875. The van der Waals surface area contributed by atoms with Crippen molar-refractivity contribution in [2.75, 3.05) is 0 Å². The summed E-state index contributed by atoms with van der Waals surface area (Å²) in [4.78, 5) is 12.3. The Morgan fingerprint density at radius 1 is 1.19 bits per heavy atom. The van der Waals surface area contributed by atoms with E-state index in [1.807, 2.05) is 24.3 Å². The third-order valence-electron chi connectivity index (χ3n) is 3.53. The molecule has 1 saturated carbocycles. The Hall–Kier alpha value is -0.630. The lowest BCUT2D eigenvalue weighted by Crippen LogP contribution is -2.21. The van der Waals surface area contributed by atoms with Crippen LogP contribution in [0.15, 0.2) is 28.7 Å². The van der Waals surface area contributed by atoms with Crippen LogP contribution in [-0.4, -0.2) is 5.78 Å². The number of hydrogen-bond acceptors (Lipinski definition) is 1. The summed E-state index contributed by atoms with van der Waals surface area (Å²) in [5.74, 6) is 1.36. The highest BCUT2D eigenvalue weighted by molar-refractivity contribution is 9.10. The monoisotopic (exact) mass is 280 g/mol. The van der Waals surface area contributed by atoms with Crippen molar-refractivity contribution in [2.24, 2.45) is 11.8 Å². The first-order valence-electron chi connectivity index (χ1n) is 5.97. The van der Waals surface area contributed by atoms with Crippen LogP contribution in [0, 0.1) is 11.8 Å². The SMILES string of the molecule is CC1CCC(C(=O)c2ccccc2Br)CC1. The Bertz CT molecular complexity index is 378. The molecule has 86 valence electrons. The number of Topliss-reactive ketones (excluding diaryl/α,β-unsaturated/α-hetero) is 1. The zero-order chi connectivity index (χ0) is 11.5. The van der Waals surface area contributed by atoms with Gasteiger partial charge in [-0.15, -0.1) is 0 Å². The summed E-state index contributed by atoms with van der Waals surface area (Å²) >= 11 is 3.45. The molecule has 2 heteroatoms. The van der Waals surface area contributed by atoms with Crippen LogP contribution in [0.1, 0.15) is 43.0 Å². The Labute approximate surface area is 105 Å². The number of carbonyl (C=O) groups excluding carboxylic acids is 1. The zero-order valence-electron chi connectivity index (χ0n) is 9.58. The fourth-order valence-corrected chi connectivity index (χ4v) is 2.88. The van der Waals surface area contributed by atoms with Crippen LogP contribution in [0.3, 0.4) is 0 Å². The van der Waals surface area contributed by atoms with Gasteiger partial charge in [-0.05, 0) is 24.8 Å². The summed E-state index contributed by atoms with van der Waals surface area (Å²) in [5.41, 5.74) is 0.849. The number of halogens is 1. The Kier molecular flexibility index (Phi) is 3.80. The van der Waals surface area contributed by atoms with Gasteiger partial charge in [0.25, 0.3) is 0 Å². The van der Waals surface area contributed by atoms with Gasteiger partial charge in [0.05, 0.1) is 0 Å². The second-order valence-corrected chi connectivity index (χ2v) is 5.66. The lowest BCUT2D eigenvalue weighted by Gasteiger charge is -2.25. The minimum Gasteiger partial charge on any atom is -0.294 e. The number of carbonyl (C=O) groups is 1. The first-order chi connectivity index (χ1) is 7.68. The third-order valence-corrected chi connectivity index (χ3v) is 4.22. The average Bonchev–Trinajstić information content (AvgIpc) is 2.30. The van der Waals surface area contributed by atoms with E-state index in [4.69, 9.17) is 0 Å². The van der Waals surface area contributed by atoms with Gasteiger partial charge < -0.3 is 0 Å². The first kappa shape index (κ1) is 11.8. The fourth-order valence-electron chi connectivity index (χ4n) is 2.40. The molecule has 0 amide bonds. The maximum absolute atomic E-state index is 12.3. The molecule has 0 aliphatic heterocycles. The second-order valence-electron chi connectivity index (χ2n) is 4.80. The molecule has 0 bridgehead atoms. The summed E-state index contributed by atoms with van der Waals surface area (Å²) < 4.78 is 0.929. The minimum absolute atomic E-state index is 0.245. The molecule has 1 aromatic carbocycles. The summed E-state index contributed by atoms with van der Waals surface area (Å²) in [6.07, 6.45) is 4.50. The van der Waals surface area contributed by atoms with Crippen LogP contribution in [0.2, 0.25) is 0 Å². The third kappa shape index (κ3) is 2.54. The van der Waals surface area contributed by atoms with Crippen molar-refractivity contribution < 1.29 is 4.79 Å². The van der Waals surface area contributed by atoms with E-state index in [1.54, 1.807) is 0 Å². The molecule has 0 aromatic heterocycles. The number of ketones is 1. The highest BCUT2D eigenvalue weighted by Gasteiger charge is 2.25. The molecule has 0 unspecified atom stereocenters. The molecule has 1 aliphatic rings. The van der Waals surface area contributed by atoms with Gasteiger partial charge in [-0.3, -0.25) is 4.79 Å². The Morgan fingerprint density at radius 2 is 1.81 bits per heavy atom. The minimum atomic E-state index is 0.245. The molecule has 16 heavy (non-hydrogen) atoms. The number of hydrogen-bond donors (Lipinski definition) is 0. The lowest BCUT2D eigenvalue weighted by atomic mass is 9.79. The maximum Gasteiger partial charge on any atom is 0.167 e. The van der Waals surface area contributed by atoms with E-state index >= 15 is 0 Å². The van der Waals surface area contributed by atoms with Crippen LogP contribution in [-0.2, 0) is 0 Å². The van der Waals surface area contributed by atoms with Gasteiger partial charge >= 0.3 is 0 Å². The van der Waals surface area contributed by atoms with Gasteiger partial charge in [0.2, 0.25) is 0 Å². The molecule has 0 heterocycles. The van der Waals surface area contributed by atoms with Gasteiger partial charge in [0.15, 0.2) is 5.78 Å². The highest BCUT2D eigenvalue weighted by Crippen LogP contribution is 2.32. The van der Waals surface area contributed by atoms with Crippen molar-refractivity contribution in [3.8, 4) is 0 Å². The molecule has 1 aromatic rings. The predicted molar refractivity (Wildman–Crippen MR) is 69.6 cm³/mol. The molecule has 0 saturated heterocycles. The molecule has 0 atom stereocenters. The van der Waals surface area contributed by atoms with Gasteiger partial charge in [0.1, 0.15) is 0 Å². The van der Waals surface area contributed by atoms with E-state index in [0.717, 1.165) is 28.8 Å². The first-order valence-corrected chi connectivity index (χ1v) is 6.76. The van der Waals surface area contributed by atoms with Gasteiger partial charge in [-0.25, -0.2) is 0 Å². The van der Waals surface area contributed by atoms with Crippen molar-refractivity contribution in [1.82, 2.24) is 0 Å². The van der Waals surface area contributed by atoms with Crippen LogP contribution >= 0.6 is 15.9 Å². The van der Waals surface area contributed by atoms with E-state index in [0.29, 0.717) is 5.78 Å². The number of rotatable bonds is 2. The van der Waals surface area contributed by atoms with Crippen molar-refractivity contribution in [1.29, 1.82) is 0 Å². The summed E-state index contributed by atoms with van der Waals surface area (Å²) in [7, 11) is 0. The molecular weight excluding hydrogens is 264 g/mol. The topological polar surface area (TPSA) is 17.1 Å². The Balaban J connectivity index is 2.11. The molecule has 2 rings (SSSR count). The summed E-state index contributed by atoms with van der Waals surface area (Å²) in [6.45, 7) is 2.28. The largest absolute Gasteiger partial charge is 0.294 e. The van der Waals surface area contributed by atoms with E-state index < -0.39 is 0 Å². The summed E-state index contributed by atoms with van der Waals surface area (Å²) in [5, 5.41) is 0. The van der Waals surface area contributed by atoms with E-state index in [9.17, 15) is 4.79 Å². The van der Waals surface area contributed by atoms with Crippen molar-refractivity contribution in [3.63, 3.8) is 0 Å². The van der Waals surface area contributed by atoms with E-state index in [1.165, 1.54) is 12.8 Å². The van der Waals surface area contributed by atoms with Crippen LogP contribution in [0.25, 0.3) is 0 Å². The molecule has 1 nitrogen and oxygen atoms in total. The van der Waals surface area contributed by atoms with E-state index in [-0.39, 0.29) is 5.92 Å². The predicted octanol–water partition coefficient (Wildman–Crippen LogP) is 4.46. The Morgan fingerprint density at radius 3 is 2.44 bits per heavy atom. The molecule has 0 spiro atoms. The second kappa shape index (κ2) is 5.13. The summed E-state index contributed by atoms with van der Waals surface area (Å²) in [6, 6.07) is 7.75. The molecule has 1 aliphatic carbocycles. The molecule has 0 N–H and O–H groups in total. The normalized spacial score (nSPS) is 25.4. The van der Waals surface area contributed by atoms with Gasteiger partial charge in [-0.2, -0.15) is 0 Å². The maximum atomic E-state index is 12.3. The van der Waals surface area contributed by atoms with Crippen LogP contribution in [0.4, 0.5) is 0 Å². The fraction of sp³-hybridized carbons (Fsp3) is 0.500. The van der Waals surface area contributed by atoms with Crippen molar-refractivity contribution in [3.05, 3.63) is 34.3 Å². The zero-order valence-corrected chi connectivity index (χ0v) is 11.2. The standard InChI is InChI=1S/C14H17BrO/c1-10-6-8-11(9-7-10)14(16)12-4-2-3-5-13(12)15/h2-5,10-11H,6-9H2,1H3. The van der Waals surface area contributed by atoms with Crippen molar-refractivity contribution >= 4 is 21.7 Å². The van der Waals surface area contributed by atoms with Crippen LogP contribution < -0.4 is 0 Å². The highest BCUT2D eigenvalue weighted by atomic mass is 79.9. The molecular formula is C14H17BrO. The van der Waals surface area contributed by atoms with Gasteiger partial charge in [-0.1, -0.05) is 53.9 Å². The van der Waals surface area contributed by atoms with Gasteiger partial charge in [0, 0.05) is 16.0 Å². The molecule has 0 radical (unpaired) electrons. The average molecular weight is 281 g/mol.